The van der Waals surface area contributed by atoms with Crippen LogP contribution in [0.5, 0.6) is 0 Å². The number of esters is 1. The Bertz CT molecular complexity index is 827. The van der Waals surface area contributed by atoms with Crippen molar-refractivity contribution >= 4 is 45.3 Å². The van der Waals surface area contributed by atoms with Crippen molar-refractivity contribution in [2.45, 2.75) is 40.0 Å². The highest BCUT2D eigenvalue weighted by molar-refractivity contribution is 7.80. The van der Waals surface area contributed by atoms with E-state index in [-0.39, 0.29) is 5.97 Å². The Balaban J connectivity index is 1.81. The van der Waals surface area contributed by atoms with Crippen molar-refractivity contribution in [3.63, 3.8) is 0 Å². The summed E-state index contributed by atoms with van der Waals surface area (Å²) in [5.74, 6) is -0.265. The fraction of sp³-hybridized carbons (Fsp3) is 0.368. The Morgan fingerprint density at radius 2 is 2.08 bits per heavy atom. The molecule has 0 bridgehead atoms. The van der Waals surface area contributed by atoms with Crippen molar-refractivity contribution in [2.24, 2.45) is 0 Å². The molecule has 1 aromatic carbocycles. The van der Waals surface area contributed by atoms with Crippen LogP contribution in [0.15, 0.2) is 18.2 Å². The van der Waals surface area contributed by atoms with Gasteiger partial charge >= 0.3 is 5.97 Å². The molecule has 0 amide bonds. The van der Waals surface area contributed by atoms with Gasteiger partial charge in [0.2, 0.25) is 0 Å². The number of thiocarbonyl (C=S) groups is 1. The van der Waals surface area contributed by atoms with E-state index < -0.39 is 0 Å². The lowest BCUT2D eigenvalue weighted by Gasteiger charge is -2.13. The molecule has 3 rings (SSSR count). The molecule has 0 saturated carbocycles. The third kappa shape index (κ3) is 3.85. The van der Waals surface area contributed by atoms with Crippen LogP contribution < -0.4 is 10.6 Å². The number of carbonyl (C=O) groups excluding carboxylic acids is 1. The Morgan fingerprint density at radius 3 is 2.84 bits per heavy atom. The minimum absolute atomic E-state index is 0.265. The van der Waals surface area contributed by atoms with Crippen molar-refractivity contribution in [2.75, 3.05) is 17.2 Å². The van der Waals surface area contributed by atoms with E-state index >= 15 is 0 Å². The number of anilines is 2. The van der Waals surface area contributed by atoms with Crippen molar-refractivity contribution in [3.05, 3.63) is 45.3 Å². The molecule has 2 aromatic rings. The number of aryl methyl sites for hydroxylation is 3. The summed E-state index contributed by atoms with van der Waals surface area (Å²) in [7, 11) is 0. The summed E-state index contributed by atoms with van der Waals surface area (Å²) < 4.78 is 5.25. The molecule has 0 fully saturated rings. The average molecular weight is 375 g/mol. The SMILES string of the molecule is CCOC(=O)c1c(NC(=S)Nc2cc(C)ccc2C)sc2c1CCC2. The predicted octanol–water partition coefficient (Wildman–Crippen LogP) is 4.84. The third-order valence-corrected chi connectivity index (χ3v) is 5.68. The summed E-state index contributed by atoms with van der Waals surface area (Å²) >= 11 is 7.08. The second kappa shape index (κ2) is 7.54. The highest BCUT2D eigenvalue weighted by Gasteiger charge is 2.27. The highest BCUT2D eigenvalue weighted by Crippen LogP contribution is 2.39. The second-order valence-electron chi connectivity index (χ2n) is 6.18. The molecule has 0 spiro atoms. The van der Waals surface area contributed by atoms with Crippen LogP contribution in [0.25, 0.3) is 0 Å². The van der Waals surface area contributed by atoms with Crippen LogP contribution in [0.2, 0.25) is 0 Å². The number of thiophene rings is 1. The number of hydrogen-bond donors (Lipinski definition) is 2. The lowest BCUT2D eigenvalue weighted by atomic mass is 10.1. The molecule has 0 aliphatic heterocycles. The molecule has 1 aliphatic carbocycles. The van der Waals surface area contributed by atoms with Gasteiger partial charge in [-0.3, -0.25) is 0 Å². The second-order valence-corrected chi connectivity index (χ2v) is 7.69. The summed E-state index contributed by atoms with van der Waals surface area (Å²) in [6, 6.07) is 6.19. The van der Waals surface area contributed by atoms with Gasteiger partial charge in [-0.2, -0.15) is 0 Å². The highest BCUT2D eigenvalue weighted by atomic mass is 32.1. The van der Waals surface area contributed by atoms with Gasteiger partial charge in [0.05, 0.1) is 12.2 Å². The topological polar surface area (TPSA) is 50.4 Å². The average Bonchev–Trinajstić information content (AvgIpc) is 3.11. The number of ether oxygens (including phenoxy) is 1. The summed E-state index contributed by atoms with van der Waals surface area (Å²) in [5, 5.41) is 7.72. The molecule has 4 nitrogen and oxygen atoms in total. The van der Waals surface area contributed by atoms with Crippen molar-refractivity contribution < 1.29 is 9.53 Å². The summed E-state index contributed by atoms with van der Waals surface area (Å²) in [6.07, 6.45) is 3.04. The first-order valence-corrected chi connectivity index (χ1v) is 9.69. The van der Waals surface area contributed by atoms with Crippen LogP contribution in [0, 0.1) is 13.8 Å². The van der Waals surface area contributed by atoms with Gasteiger partial charge in [0.25, 0.3) is 0 Å². The van der Waals surface area contributed by atoms with Crippen molar-refractivity contribution in [1.82, 2.24) is 0 Å². The normalized spacial score (nSPS) is 12.6. The Hall–Kier alpha value is -1.92. The molecule has 0 atom stereocenters. The zero-order valence-corrected chi connectivity index (χ0v) is 16.3. The predicted molar refractivity (Wildman–Crippen MR) is 108 cm³/mol. The van der Waals surface area contributed by atoms with E-state index in [2.05, 4.69) is 28.8 Å². The van der Waals surface area contributed by atoms with E-state index in [1.54, 1.807) is 11.3 Å². The van der Waals surface area contributed by atoms with E-state index in [4.69, 9.17) is 17.0 Å². The van der Waals surface area contributed by atoms with Crippen LogP contribution in [0.1, 0.15) is 45.3 Å². The number of benzene rings is 1. The first kappa shape index (κ1) is 17.9. The smallest absolute Gasteiger partial charge is 0.341 e. The van der Waals surface area contributed by atoms with Crippen LogP contribution in [0.3, 0.4) is 0 Å². The van der Waals surface area contributed by atoms with Crippen LogP contribution >= 0.6 is 23.6 Å². The van der Waals surface area contributed by atoms with Gasteiger partial charge in [0, 0.05) is 10.6 Å². The molecule has 2 N–H and O–H groups in total. The summed E-state index contributed by atoms with van der Waals surface area (Å²) in [6.45, 7) is 6.27. The Kier molecular flexibility index (Phi) is 5.39. The van der Waals surface area contributed by atoms with Gasteiger partial charge in [0.1, 0.15) is 5.00 Å². The fourth-order valence-electron chi connectivity index (χ4n) is 3.04. The molecule has 1 heterocycles. The first-order valence-electron chi connectivity index (χ1n) is 8.46. The van der Waals surface area contributed by atoms with Crippen LogP contribution in [0.4, 0.5) is 10.7 Å². The molecule has 6 heteroatoms. The van der Waals surface area contributed by atoms with E-state index in [1.807, 2.05) is 20.8 Å². The standard InChI is InChI=1S/C19H22N2O2S2/c1-4-23-18(22)16-13-6-5-7-15(13)25-17(16)21-19(24)20-14-10-11(2)8-9-12(14)3/h8-10H,4-7H2,1-3H3,(H2,20,21,24). The maximum absolute atomic E-state index is 12.4. The van der Waals surface area contributed by atoms with Crippen molar-refractivity contribution in [1.29, 1.82) is 0 Å². The van der Waals surface area contributed by atoms with Gasteiger partial charge in [0.15, 0.2) is 5.11 Å². The summed E-state index contributed by atoms with van der Waals surface area (Å²) in [4.78, 5) is 13.7. The van der Waals surface area contributed by atoms with E-state index in [0.29, 0.717) is 17.3 Å². The third-order valence-electron chi connectivity index (χ3n) is 4.27. The number of nitrogens with one attached hydrogen (secondary N) is 2. The van der Waals surface area contributed by atoms with Crippen molar-refractivity contribution in [3.8, 4) is 0 Å². The van der Waals surface area contributed by atoms with E-state index in [9.17, 15) is 4.79 Å². The molecule has 0 radical (unpaired) electrons. The lowest BCUT2D eigenvalue weighted by molar-refractivity contribution is 0.0527. The zero-order chi connectivity index (χ0) is 18.0. The Morgan fingerprint density at radius 1 is 1.28 bits per heavy atom. The fourth-order valence-corrected chi connectivity index (χ4v) is 4.60. The van der Waals surface area contributed by atoms with Gasteiger partial charge in [-0.05, 0) is 75.0 Å². The van der Waals surface area contributed by atoms with Crippen LogP contribution in [-0.2, 0) is 17.6 Å². The van der Waals surface area contributed by atoms with Gasteiger partial charge < -0.3 is 15.4 Å². The minimum atomic E-state index is -0.265. The largest absolute Gasteiger partial charge is 0.462 e. The molecule has 132 valence electrons. The molecular formula is C19H22N2O2S2. The number of hydrogen-bond acceptors (Lipinski definition) is 4. The number of fused-ring (bicyclic) bond motifs is 1. The maximum Gasteiger partial charge on any atom is 0.341 e. The molecule has 0 unspecified atom stereocenters. The molecule has 1 aliphatic rings. The van der Waals surface area contributed by atoms with E-state index in [0.717, 1.165) is 41.1 Å². The number of carbonyl (C=O) groups is 1. The number of rotatable bonds is 4. The molecule has 0 saturated heterocycles. The first-order chi connectivity index (χ1) is 12.0. The lowest BCUT2D eigenvalue weighted by Crippen LogP contribution is -2.21. The molecular weight excluding hydrogens is 352 g/mol. The Labute approximate surface area is 157 Å². The molecule has 25 heavy (non-hydrogen) atoms. The van der Waals surface area contributed by atoms with E-state index in [1.165, 1.54) is 10.4 Å². The van der Waals surface area contributed by atoms with Gasteiger partial charge in [-0.1, -0.05) is 12.1 Å². The monoisotopic (exact) mass is 374 g/mol. The molecule has 1 aromatic heterocycles. The van der Waals surface area contributed by atoms with Gasteiger partial charge in [-0.25, -0.2) is 4.79 Å². The quantitative estimate of drug-likeness (QED) is 0.592. The van der Waals surface area contributed by atoms with Gasteiger partial charge in [-0.15, -0.1) is 11.3 Å². The minimum Gasteiger partial charge on any atom is -0.462 e. The van der Waals surface area contributed by atoms with Crippen LogP contribution in [-0.4, -0.2) is 17.7 Å². The summed E-state index contributed by atoms with van der Waals surface area (Å²) in [5.41, 5.74) is 5.04. The zero-order valence-electron chi connectivity index (χ0n) is 14.7. The maximum atomic E-state index is 12.4.